The molecular formula is C33H27N5O2. The highest BCUT2D eigenvalue weighted by atomic mass is 16.4. The number of nitrogens with zero attached hydrogens (tertiary/aromatic N) is 3. The predicted octanol–water partition coefficient (Wildman–Crippen LogP) is 7.48. The lowest BCUT2D eigenvalue weighted by atomic mass is 9.72. The number of aromatic nitrogens is 3. The van der Waals surface area contributed by atoms with Crippen LogP contribution in [0.25, 0.3) is 40.5 Å². The number of para-hydroxylation sites is 1. The third kappa shape index (κ3) is 4.03. The molecule has 1 aliphatic carbocycles. The van der Waals surface area contributed by atoms with Gasteiger partial charge in [-0.25, -0.2) is 14.8 Å². The fraction of sp³-hybridized carbons (Fsp3) is 0.121. The molecule has 1 amide bonds. The zero-order valence-corrected chi connectivity index (χ0v) is 21.7. The highest BCUT2D eigenvalue weighted by Gasteiger charge is 2.40. The van der Waals surface area contributed by atoms with Crippen LogP contribution in [-0.4, -0.2) is 25.7 Å². The van der Waals surface area contributed by atoms with Gasteiger partial charge in [-0.3, -0.25) is 4.57 Å². The van der Waals surface area contributed by atoms with E-state index in [2.05, 4.69) is 68.7 Å². The summed E-state index contributed by atoms with van der Waals surface area (Å²) in [6.07, 6.45) is 7.53. The Hall–Kier alpha value is -5.17. The van der Waals surface area contributed by atoms with E-state index in [1.54, 1.807) is 6.20 Å². The molecular weight excluding hydrogens is 498 g/mol. The smallest absolute Gasteiger partial charge is 0.405 e. The number of imidazole rings is 1. The monoisotopic (exact) mass is 525 g/mol. The molecule has 196 valence electrons. The molecule has 1 saturated carbocycles. The second-order valence-corrected chi connectivity index (χ2v) is 10.2. The van der Waals surface area contributed by atoms with Crippen molar-refractivity contribution in [3.8, 4) is 28.3 Å². The maximum atomic E-state index is 11.5. The molecule has 40 heavy (non-hydrogen) atoms. The average Bonchev–Trinajstić information content (AvgIpc) is 3.28. The second kappa shape index (κ2) is 9.54. The Balaban J connectivity index is 1.44. The molecule has 2 aliphatic rings. The van der Waals surface area contributed by atoms with Crippen LogP contribution in [0.5, 0.6) is 0 Å². The third-order valence-corrected chi connectivity index (χ3v) is 7.85. The van der Waals surface area contributed by atoms with Crippen molar-refractivity contribution >= 4 is 29.8 Å². The van der Waals surface area contributed by atoms with Crippen LogP contribution in [0.15, 0.2) is 97.2 Å². The van der Waals surface area contributed by atoms with Crippen LogP contribution < -0.4 is 10.6 Å². The molecule has 0 radical (unpaired) electrons. The van der Waals surface area contributed by atoms with Gasteiger partial charge in [-0.2, -0.15) is 0 Å². The number of pyridine rings is 1. The van der Waals surface area contributed by atoms with E-state index in [4.69, 9.17) is 4.98 Å². The van der Waals surface area contributed by atoms with Gasteiger partial charge >= 0.3 is 6.09 Å². The zero-order valence-electron chi connectivity index (χ0n) is 21.7. The molecule has 0 spiro atoms. The van der Waals surface area contributed by atoms with Crippen LogP contribution in [0.3, 0.4) is 0 Å². The van der Waals surface area contributed by atoms with E-state index in [0.717, 1.165) is 75.9 Å². The lowest BCUT2D eigenvalue weighted by Crippen LogP contribution is -2.50. The number of hydrogen-bond acceptors (Lipinski definition) is 4. The summed E-state index contributed by atoms with van der Waals surface area (Å²) in [6.45, 7) is 0. The Morgan fingerprint density at radius 3 is 2.45 bits per heavy atom. The standard InChI is InChI=1S/C33H27N5O2/c39-32(40)37-33(19-7-20-33)24-16-14-23(15-17-24)29-27(18-13-22-8-2-1-3-9-22)36-31-25-10-4-5-11-26(25)35-30-28(38(29)31)12-6-21-34-30/h1-6,8-18,21,37H,7,19-20H2,(H,34,35)(H,39,40)/b18-13+. The minimum atomic E-state index is -0.992. The number of fused-ring (bicyclic) bond motifs is 5. The molecule has 2 aromatic heterocycles. The molecule has 1 aliphatic heterocycles. The molecule has 0 saturated heterocycles. The van der Waals surface area contributed by atoms with Gasteiger partial charge < -0.3 is 15.7 Å². The van der Waals surface area contributed by atoms with Gasteiger partial charge in [0.25, 0.3) is 0 Å². The van der Waals surface area contributed by atoms with E-state index in [-0.39, 0.29) is 0 Å². The van der Waals surface area contributed by atoms with Gasteiger partial charge in [-0.05, 0) is 60.7 Å². The van der Waals surface area contributed by atoms with Gasteiger partial charge in [-0.15, -0.1) is 0 Å². The first-order valence-corrected chi connectivity index (χ1v) is 13.4. The predicted molar refractivity (Wildman–Crippen MR) is 158 cm³/mol. The van der Waals surface area contributed by atoms with Gasteiger partial charge in [0.2, 0.25) is 0 Å². The highest BCUT2D eigenvalue weighted by molar-refractivity contribution is 5.89. The van der Waals surface area contributed by atoms with E-state index in [1.807, 2.05) is 54.6 Å². The topological polar surface area (TPSA) is 92.1 Å². The van der Waals surface area contributed by atoms with Crippen molar-refractivity contribution in [3.05, 3.63) is 114 Å². The minimum Gasteiger partial charge on any atom is -0.465 e. The van der Waals surface area contributed by atoms with Gasteiger partial charge in [-0.1, -0.05) is 72.8 Å². The van der Waals surface area contributed by atoms with E-state index >= 15 is 0 Å². The first kappa shape index (κ1) is 23.9. The fourth-order valence-electron chi connectivity index (χ4n) is 5.74. The van der Waals surface area contributed by atoms with Gasteiger partial charge in [0, 0.05) is 17.3 Å². The van der Waals surface area contributed by atoms with Gasteiger partial charge in [0.1, 0.15) is 5.82 Å². The summed E-state index contributed by atoms with van der Waals surface area (Å²) in [7, 11) is 0. The Bertz CT molecular complexity index is 1750. The molecule has 5 aromatic rings. The first-order chi connectivity index (χ1) is 19.6. The summed E-state index contributed by atoms with van der Waals surface area (Å²) < 4.78 is 2.18. The van der Waals surface area contributed by atoms with E-state index in [1.165, 1.54) is 0 Å². The van der Waals surface area contributed by atoms with Crippen molar-refractivity contribution in [3.63, 3.8) is 0 Å². The lowest BCUT2D eigenvalue weighted by Gasteiger charge is -2.42. The molecule has 0 bridgehead atoms. The van der Waals surface area contributed by atoms with Gasteiger partial charge in [0.15, 0.2) is 5.82 Å². The van der Waals surface area contributed by atoms with Crippen molar-refractivity contribution in [2.24, 2.45) is 0 Å². The van der Waals surface area contributed by atoms with Crippen LogP contribution in [0.2, 0.25) is 0 Å². The number of carbonyl (C=O) groups is 1. The summed E-state index contributed by atoms with van der Waals surface area (Å²) in [5.41, 5.74) is 7.13. The van der Waals surface area contributed by atoms with Crippen molar-refractivity contribution in [1.29, 1.82) is 0 Å². The summed E-state index contributed by atoms with van der Waals surface area (Å²) in [6, 6.07) is 30.5. The lowest BCUT2D eigenvalue weighted by molar-refractivity contribution is 0.144. The van der Waals surface area contributed by atoms with Crippen LogP contribution in [0.1, 0.15) is 36.1 Å². The van der Waals surface area contributed by atoms with E-state index in [0.29, 0.717) is 0 Å². The average molecular weight is 526 g/mol. The van der Waals surface area contributed by atoms with Crippen molar-refractivity contribution in [2.45, 2.75) is 24.8 Å². The summed E-state index contributed by atoms with van der Waals surface area (Å²) >= 11 is 0. The highest BCUT2D eigenvalue weighted by Crippen LogP contribution is 2.44. The molecule has 3 aromatic carbocycles. The Kier molecular flexibility index (Phi) is 5.70. The second-order valence-electron chi connectivity index (χ2n) is 10.2. The molecule has 3 heterocycles. The quantitative estimate of drug-likeness (QED) is 0.217. The number of benzene rings is 3. The normalized spacial score (nSPS) is 14.7. The molecule has 7 heteroatoms. The Morgan fingerprint density at radius 2 is 1.70 bits per heavy atom. The maximum Gasteiger partial charge on any atom is 0.405 e. The van der Waals surface area contributed by atoms with Crippen LogP contribution >= 0.6 is 0 Å². The van der Waals surface area contributed by atoms with Crippen LogP contribution in [0, 0.1) is 0 Å². The van der Waals surface area contributed by atoms with Crippen molar-refractivity contribution in [2.75, 3.05) is 5.32 Å². The number of rotatable bonds is 5. The van der Waals surface area contributed by atoms with Crippen molar-refractivity contribution in [1.82, 2.24) is 19.9 Å². The van der Waals surface area contributed by atoms with Crippen LogP contribution in [-0.2, 0) is 5.54 Å². The van der Waals surface area contributed by atoms with E-state index < -0.39 is 11.6 Å². The number of carboxylic acid groups (broad SMARTS) is 1. The van der Waals surface area contributed by atoms with Crippen molar-refractivity contribution < 1.29 is 9.90 Å². The van der Waals surface area contributed by atoms with Gasteiger partial charge in [0.05, 0.1) is 28.3 Å². The number of amides is 1. The SMILES string of the molecule is O=C(O)NC1(c2ccc(-c3c(/C=C/c4ccccc4)nc4n3-c3cccnc3Nc3ccccc3-4)cc2)CCC1. The zero-order chi connectivity index (χ0) is 27.1. The molecule has 3 N–H and O–H groups in total. The Morgan fingerprint density at radius 1 is 0.925 bits per heavy atom. The number of hydrogen-bond donors (Lipinski definition) is 3. The molecule has 1 fully saturated rings. The number of nitrogens with one attached hydrogen (secondary N) is 2. The summed E-state index contributed by atoms with van der Waals surface area (Å²) in [5, 5.41) is 15.7. The molecule has 0 unspecified atom stereocenters. The minimum absolute atomic E-state index is 0.520. The van der Waals surface area contributed by atoms with E-state index in [9.17, 15) is 9.90 Å². The summed E-state index contributed by atoms with van der Waals surface area (Å²) in [4.78, 5) is 21.4. The fourth-order valence-corrected chi connectivity index (χ4v) is 5.74. The molecule has 0 atom stereocenters. The Labute approximate surface area is 231 Å². The first-order valence-electron chi connectivity index (χ1n) is 13.4. The third-order valence-electron chi connectivity index (χ3n) is 7.85. The molecule has 7 rings (SSSR count). The molecule has 7 nitrogen and oxygen atoms in total. The largest absolute Gasteiger partial charge is 0.465 e. The summed E-state index contributed by atoms with van der Waals surface area (Å²) in [5.74, 6) is 1.58. The van der Waals surface area contributed by atoms with Crippen LogP contribution in [0.4, 0.5) is 16.3 Å². The maximum absolute atomic E-state index is 11.5. The number of anilines is 2.